The molecule has 138 valence electrons. The van der Waals surface area contributed by atoms with Crippen molar-refractivity contribution in [1.29, 1.82) is 0 Å². The Balaban J connectivity index is 1.96. The maximum absolute atomic E-state index is 5.62. The summed E-state index contributed by atoms with van der Waals surface area (Å²) >= 11 is 0. The van der Waals surface area contributed by atoms with Crippen molar-refractivity contribution < 1.29 is 9.47 Å². The highest BCUT2D eigenvalue weighted by atomic mass is 16.5. The highest BCUT2D eigenvalue weighted by Crippen LogP contribution is 2.42. The van der Waals surface area contributed by atoms with Gasteiger partial charge in [-0.15, -0.1) is 0 Å². The van der Waals surface area contributed by atoms with E-state index in [2.05, 4.69) is 60.7 Å². The number of hydrogen-bond acceptors (Lipinski definition) is 2. The largest absolute Gasteiger partial charge is 0.496 e. The van der Waals surface area contributed by atoms with Crippen molar-refractivity contribution in [2.75, 3.05) is 14.2 Å². The minimum Gasteiger partial charge on any atom is -0.496 e. The van der Waals surface area contributed by atoms with Crippen LogP contribution in [0.4, 0.5) is 0 Å². The molecule has 0 atom stereocenters. The van der Waals surface area contributed by atoms with E-state index in [0.717, 1.165) is 44.9 Å². The molecule has 0 aliphatic rings. The number of methoxy groups -OCH3 is 2. The molecular formula is C26H22O2. The van der Waals surface area contributed by atoms with E-state index in [0.29, 0.717) is 0 Å². The van der Waals surface area contributed by atoms with Crippen LogP contribution in [0.2, 0.25) is 0 Å². The van der Waals surface area contributed by atoms with Gasteiger partial charge >= 0.3 is 0 Å². The van der Waals surface area contributed by atoms with Crippen LogP contribution in [-0.2, 0) is 0 Å². The predicted octanol–water partition coefficient (Wildman–Crippen LogP) is 6.70. The van der Waals surface area contributed by atoms with Crippen LogP contribution < -0.4 is 9.47 Å². The maximum atomic E-state index is 5.62. The van der Waals surface area contributed by atoms with Crippen LogP contribution in [0, 0.1) is 0 Å². The molecule has 0 N–H and O–H groups in total. The van der Waals surface area contributed by atoms with E-state index < -0.39 is 0 Å². The van der Waals surface area contributed by atoms with Gasteiger partial charge in [0.1, 0.15) is 11.5 Å². The Hall–Kier alpha value is -3.52. The zero-order chi connectivity index (χ0) is 19.3. The quantitative estimate of drug-likeness (QED) is 0.391. The van der Waals surface area contributed by atoms with Gasteiger partial charge in [-0.2, -0.15) is 0 Å². The van der Waals surface area contributed by atoms with Gasteiger partial charge in [0.15, 0.2) is 0 Å². The Bertz CT molecular complexity index is 1010. The Morgan fingerprint density at radius 2 is 0.607 bits per heavy atom. The minimum absolute atomic E-state index is 0.865. The first kappa shape index (κ1) is 17.9. The van der Waals surface area contributed by atoms with E-state index in [1.54, 1.807) is 14.2 Å². The van der Waals surface area contributed by atoms with Gasteiger partial charge in [-0.3, -0.25) is 0 Å². The van der Waals surface area contributed by atoms with Gasteiger partial charge in [0.25, 0.3) is 0 Å². The van der Waals surface area contributed by atoms with Crippen molar-refractivity contribution in [2.24, 2.45) is 0 Å². The lowest BCUT2D eigenvalue weighted by Gasteiger charge is -2.17. The topological polar surface area (TPSA) is 18.5 Å². The second kappa shape index (κ2) is 8.01. The van der Waals surface area contributed by atoms with Crippen LogP contribution in [0.25, 0.3) is 33.4 Å². The van der Waals surface area contributed by atoms with E-state index in [4.69, 9.17) is 9.47 Å². The van der Waals surface area contributed by atoms with E-state index in [1.165, 1.54) is 0 Å². The van der Waals surface area contributed by atoms with Gasteiger partial charge in [0.2, 0.25) is 0 Å². The smallest absolute Gasteiger partial charge is 0.126 e. The molecule has 0 spiro atoms. The molecule has 0 bridgehead atoms. The molecule has 0 aliphatic carbocycles. The van der Waals surface area contributed by atoms with Crippen molar-refractivity contribution in [3.8, 4) is 44.9 Å². The third-order valence-corrected chi connectivity index (χ3v) is 4.94. The molecule has 0 heterocycles. The number of para-hydroxylation sites is 2. The maximum Gasteiger partial charge on any atom is 0.126 e. The molecule has 2 heteroatoms. The van der Waals surface area contributed by atoms with E-state index in [1.807, 2.05) is 36.4 Å². The zero-order valence-corrected chi connectivity index (χ0v) is 16.1. The van der Waals surface area contributed by atoms with Crippen molar-refractivity contribution in [3.05, 3.63) is 97.1 Å². The summed E-state index contributed by atoms with van der Waals surface area (Å²) in [6.07, 6.45) is 0. The zero-order valence-electron chi connectivity index (χ0n) is 16.1. The predicted molar refractivity (Wildman–Crippen MR) is 116 cm³/mol. The number of ether oxygens (including phenoxy) is 2. The fourth-order valence-electron chi connectivity index (χ4n) is 3.64. The molecule has 0 fully saturated rings. The summed E-state index contributed by atoms with van der Waals surface area (Å²) < 4.78 is 11.2. The van der Waals surface area contributed by atoms with Crippen molar-refractivity contribution in [1.82, 2.24) is 0 Å². The van der Waals surface area contributed by atoms with Crippen LogP contribution in [0.3, 0.4) is 0 Å². The fraction of sp³-hybridized carbons (Fsp3) is 0.0769. The number of hydrogen-bond donors (Lipinski definition) is 0. The van der Waals surface area contributed by atoms with Crippen molar-refractivity contribution in [3.63, 3.8) is 0 Å². The number of benzene rings is 4. The SMILES string of the molecule is COc1ccccc1-c1ccccc1-c1ccccc1-c1ccccc1OC. The Labute approximate surface area is 166 Å². The standard InChI is InChI=1S/C26H22O2/c1-27-25-17-9-7-15-23(25)21-13-5-3-11-19(21)20-12-4-6-14-22(20)24-16-8-10-18-26(24)28-2/h3-18H,1-2H3. The van der Waals surface area contributed by atoms with Crippen LogP contribution in [0.15, 0.2) is 97.1 Å². The minimum atomic E-state index is 0.865. The van der Waals surface area contributed by atoms with Crippen LogP contribution in [0.5, 0.6) is 11.5 Å². The second-order valence-electron chi connectivity index (χ2n) is 6.49. The Morgan fingerprint density at radius 3 is 0.929 bits per heavy atom. The highest BCUT2D eigenvalue weighted by Gasteiger charge is 2.15. The average molecular weight is 366 g/mol. The molecule has 0 radical (unpaired) electrons. The molecule has 28 heavy (non-hydrogen) atoms. The van der Waals surface area contributed by atoms with Crippen LogP contribution in [-0.4, -0.2) is 14.2 Å². The molecule has 0 saturated carbocycles. The van der Waals surface area contributed by atoms with Gasteiger partial charge < -0.3 is 9.47 Å². The van der Waals surface area contributed by atoms with Gasteiger partial charge in [0.05, 0.1) is 14.2 Å². The Kier molecular flexibility index (Phi) is 5.11. The molecule has 4 aromatic carbocycles. The molecule has 0 amide bonds. The van der Waals surface area contributed by atoms with Crippen molar-refractivity contribution in [2.45, 2.75) is 0 Å². The molecular weight excluding hydrogens is 344 g/mol. The summed E-state index contributed by atoms with van der Waals surface area (Å²) in [5.41, 5.74) is 6.76. The van der Waals surface area contributed by atoms with E-state index in [-0.39, 0.29) is 0 Å². The summed E-state index contributed by atoms with van der Waals surface area (Å²) in [7, 11) is 3.43. The van der Waals surface area contributed by atoms with Gasteiger partial charge in [0, 0.05) is 11.1 Å². The molecule has 0 aromatic heterocycles. The lowest BCUT2D eigenvalue weighted by atomic mass is 9.89. The summed E-state index contributed by atoms with van der Waals surface area (Å²) in [6.45, 7) is 0. The highest BCUT2D eigenvalue weighted by molar-refractivity contribution is 5.93. The first-order valence-electron chi connectivity index (χ1n) is 9.28. The fourth-order valence-corrected chi connectivity index (χ4v) is 3.64. The average Bonchev–Trinajstić information content (AvgIpc) is 2.79. The Morgan fingerprint density at radius 1 is 0.357 bits per heavy atom. The summed E-state index contributed by atoms with van der Waals surface area (Å²) in [5.74, 6) is 1.73. The molecule has 4 rings (SSSR count). The summed E-state index contributed by atoms with van der Waals surface area (Å²) in [6, 6.07) is 33.2. The van der Waals surface area contributed by atoms with Crippen LogP contribution >= 0.6 is 0 Å². The van der Waals surface area contributed by atoms with E-state index >= 15 is 0 Å². The molecule has 2 nitrogen and oxygen atoms in total. The van der Waals surface area contributed by atoms with Gasteiger partial charge in [-0.25, -0.2) is 0 Å². The number of rotatable bonds is 5. The lowest BCUT2D eigenvalue weighted by molar-refractivity contribution is 0.416. The summed E-state index contributed by atoms with van der Waals surface area (Å²) in [4.78, 5) is 0. The third kappa shape index (κ3) is 3.25. The molecule has 0 aliphatic heterocycles. The lowest BCUT2D eigenvalue weighted by Crippen LogP contribution is -1.93. The third-order valence-electron chi connectivity index (χ3n) is 4.94. The molecule has 0 saturated heterocycles. The molecule has 0 unspecified atom stereocenters. The summed E-state index contributed by atoms with van der Waals surface area (Å²) in [5, 5.41) is 0. The van der Waals surface area contributed by atoms with Crippen LogP contribution in [0.1, 0.15) is 0 Å². The van der Waals surface area contributed by atoms with Gasteiger partial charge in [-0.05, 0) is 34.4 Å². The van der Waals surface area contributed by atoms with Gasteiger partial charge in [-0.1, -0.05) is 84.9 Å². The monoisotopic (exact) mass is 366 g/mol. The first-order valence-corrected chi connectivity index (χ1v) is 9.28. The first-order chi connectivity index (χ1) is 13.8. The normalized spacial score (nSPS) is 10.5. The molecule has 4 aromatic rings. The second-order valence-corrected chi connectivity index (χ2v) is 6.49. The van der Waals surface area contributed by atoms with Crippen molar-refractivity contribution >= 4 is 0 Å². The van der Waals surface area contributed by atoms with E-state index in [9.17, 15) is 0 Å².